The Morgan fingerprint density at radius 3 is 1.71 bits per heavy atom. The predicted octanol–water partition coefficient (Wildman–Crippen LogP) is 13.2. The molecule has 0 bridgehead atoms. The fraction of sp³-hybridized carbons (Fsp3) is 0.177. The van der Waals surface area contributed by atoms with E-state index in [1.807, 2.05) is 152 Å². The maximum atomic E-state index is 5.56. The van der Waals surface area contributed by atoms with E-state index in [9.17, 15) is 0 Å². The van der Waals surface area contributed by atoms with Crippen molar-refractivity contribution >= 4 is 65.1 Å². The zero-order chi connectivity index (χ0) is 68.7. The number of rotatable bonds is 9. The van der Waals surface area contributed by atoms with Gasteiger partial charge in [-0.2, -0.15) is 0 Å². The SMILES string of the molecule is NCc1ccc2[nH]ccc2c1.NCc1ccc2c(c1)CCO2.NCc1ccc2c(c1)OCCO2.NCc1ccc2ncccc2c1.NCc1ccc2occc2c1.NCc1ccc2sccc2c1.NCc1cccc2[nH]ccc12.NCc1cccc2c1OCO2.NCc1ccccc1. The zero-order valence-electron chi connectivity index (χ0n) is 55.0. The molecule has 98 heavy (non-hydrogen) atoms. The highest BCUT2D eigenvalue weighted by Gasteiger charge is 2.16. The highest BCUT2D eigenvalue weighted by Crippen LogP contribution is 2.35. The summed E-state index contributed by atoms with van der Waals surface area (Å²) >= 11 is 1.77. The van der Waals surface area contributed by atoms with Gasteiger partial charge in [-0.1, -0.05) is 103 Å². The summed E-state index contributed by atoms with van der Waals surface area (Å²) in [5, 5.41) is 8.14. The van der Waals surface area contributed by atoms with Crippen molar-refractivity contribution in [2.45, 2.75) is 65.3 Å². The molecular weight excluding hydrogens is 1250 g/mol. The third-order valence-corrected chi connectivity index (χ3v) is 16.7. The molecule has 17 rings (SSSR count). The van der Waals surface area contributed by atoms with Crippen LogP contribution in [0, 0.1) is 0 Å². The fourth-order valence-corrected chi connectivity index (χ4v) is 11.2. The maximum Gasteiger partial charge on any atom is 0.231 e. The van der Waals surface area contributed by atoms with Crippen LogP contribution in [0.3, 0.4) is 0 Å². The van der Waals surface area contributed by atoms with Crippen LogP contribution in [-0.4, -0.2) is 41.6 Å². The first-order chi connectivity index (χ1) is 48.2. The van der Waals surface area contributed by atoms with E-state index >= 15 is 0 Å². The van der Waals surface area contributed by atoms with Gasteiger partial charge in [0.1, 0.15) is 24.5 Å². The number of ether oxygens (including phenoxy) is 5. The molecule has 0 saturated carbocycles. The molecule has 0 unspecified atom stereocenters. The average Bonchev–Trinajstić information content (AvgIpc) is 2.23. The minimum Gasteiger partial charge on any atom is -0.493 e. The molecule has 14 aromatic rings. The Balaban J connectivity index is 0.000000129. The van der Waals surface area contributed by atoms with Crippen LogP contribution >= 0.6 is 11.3 Å². The summed E-state index contributed by atoms with van der Waals surface area (Å²) in [6, 6.07) is 70.5. The van der Waals surface area contributed by atoms with Crippen molar-refractivity contribution in [3.05, 3.63) is 298 Å². The van der Waals surface area contributed by atoms with Gasteiger partial charge in [-0.25, -0.2) is 0 Å². The molecule has 0 aliphatic carbocycles. The van der Waals surface area contributed by atoms with Gasteiger partial charge in [0.25, 0.3) is 0 Å². The number of aromatic amines is 2. The van der Waals surface area contributed by atoms with E-state index in [-0.39, 0.29) is 0 Å². The Labute approximate surface area is 575 Å². The lowest BCUT2D eigenvalue weighted by atomic mass is 10.1. The lowest BCUT2D eigenvalue weighted by molar-refractivity contribution is 0.171. The van der Waals surface area contributed by atoms with E-state index in [1.165, 1.54) is 59.8 Å². The fourth-order valence-electron chi connectivity index (χ4n) is 10.4. The van der Waals surface area contributed by atoms with Crippen LogP contribution in [0.15, 0.2) is 247 Å². The number of fused-ring (bicyclic) bond motifs is 8. The summed E-state index contributed by atoms with van der Waals surface area (Å²) in [4.78, 5) is 10.5. The Morgan fingerprint density at radius 1 is 0.378 bits per heavy atom. The minimum absolute atomic E-state index is 0.312. The molecule has 20 N–H and O–H groups in total. The summed E-state index contributed by atoms with van der Waals surface area (Å²) in [6.07, 6.45) is 8.38. The van der Waals surface area contributed by atoms with Crippen LogP contribution in [0.2, 0.25) is 0 Å². The Hall–Kier alpha value is -10.4. The van der Waals surface area contributed by atoms with E-state index in [0.29, 0.717) is 78.9 Å². The van der Waals surface area contributed by atoms with E-state index in [4.69, 9.17) is 79.7 Å². The molecule has 19 heteroatoms. The number of thiophene rings is 1. The first-order valence-corrected chi connectivity index (χ1v) is 33.3. The highest BCUT2D eigenvalue weighted by atomic mass is 32.1. The third-order valence-electron chi connectivity index (χ3n) is 15.8. The molecule has 18 nitrogen and oxygen atoms in total. The van der Waals surface area contributed by atoms with Crippen molar-refractivity contribution < 1.29 is 28.1 Å². The Bertz CT molecular complexity index is 4510. The topological polar surface area (TPSA) is 338 Å². The van der Waals surface area contributed by atoms with Gasteiger partial charge in [0.15, 0.2) is 23.0 Å². The van der Waals surface area contributed by atoms with Gasteiger partial charge in [-0.15, -0.1) is 11.3 Å². The number of H-pyrrole nitrogens is 2. The zero-order valence-corrected chi connectivity index (χ0v) is 55.8. The molecule has 8 heterocycles. The van der Waals surface area contributed by atoms with Crippen LogP contribution in [-0.2, 0) is 65.3 Å². The summed E-state index contributed by atoms with van der Waals surface area (Å²) in [7, 11) is 0. The van der Waals surface area contributed by atoms with Gasteiger partial charge in [0, 0.05) is 121 Å². The first kappa shape index (κ1) is 71.9. The average molecular weight is 1330 g/mol. The van der Waals surface area contributed by atoms with Gasteiger partial charge in [-0.05, 0) is 175 Å². The number of furan rings is 1. The maximum absolute atomic E-state index is 5.56. The molecule has 0 fully saturated rings. The minimum atomic E-state index is 0.312. The molecule has 0 amide bonds. The van der Waals surface area contributed by atoms with Crippen LogP contribution in [0.1, 0.15) is 55.6 Å². The number of hydrogen-bond donors (Lipinski definition) is 11. The number of nitrogens with two attached hydrogens (primary N) is 9. The summed E-state index contributed by atoms with van der Waals surface area (Å²) in [6.45, 7) is 7.71. The molecule has 9 aromatic carbocycles. The van der Waals surface area contributed by atoms with Crippen LogP contribution < -0.4 is 75.3 Å². The van der Waals surface area contributed by atoms with Crippen molar-refractivity contribution in [2.75, 3.05) is 26.6 Å². The van der Waals surface area contributed by atoms with Crippen molar-refractivity contribution in [3.8, 4) is 28.7 Å². The molecule has 0 atom stereocenters. The number of para-hydroxylation sites is 1. The molecule has 3 aliphatic rings. The summed E-state index contributed by atoms with van der Waals surface area (Å²) in [5.74, 6) is 4.26. The lowest BCUT2D eigenvalue weighted by Gasteiger charge is -2.18. The number of aromatic nitrogens is 3. The molecular formula is C79H88N12O6S. The quantitative estimate of drug-likeness (QED) is 0.0640. The number of benzene rings is 9. The molecule has 3 aliphatic heterocycles. The van der Waals surface area contributed by atoms with Crippen molar-refractivity contribution in [3.63, 3.8) is 0 Å². The standard InChI is InChI=1S/C10H10N2.2C9H10N2.C9H11NO2.C9H11NO.C9H9NO.C9H9NS.C8H9NO2.C7H9N/c11-7-8-3-4-10-9(6-8)2-1-5-12-10;10-6-7-1-2-9-8(5-7)3-4-11-9;10-6-7-2-1-3-9-8(7)4-5-11-9;10-6-7-1-2-8-9(5-7)12-4-3-11-8;3*10-6-7-1-2-9-8(5-7)3-4-11-9;9-4-6-2-1-3-7-8(6)11-5-10-7;8-6-7-4-2-1-3-5-7/h1-6H,7,11H2;2*1-5,11H,6,10H2;1-2,5H,3-4,6,10H2;1-2,5H,3-4,6,10H2;2*1-5H,6,10H2;1-3H,4-5,9H2;1-5H,6,8H2. The van der Waals surface area contributed by atoms with Crippen LogP contribution in [0.5, 0.6) is 28.7 Å². The van der Waals surface area contributed by atoms with Gasteiger partial charge in [0.05, 0.1) is 18.4 Å². The summed E-state index contributed by atoms with van der Waals surface area (Å²) < 4.78 is 33.0. The Morgan fingerprint density at radius 2 is 0.980 bits per heavy atom. The van der Waals surface area contributed by atoms with Gasteiger partial charge >= 0.3 is 0 Å². The monoisotopic (exact) mass is 1330 g/mol. The van der Waals surface area contributed by atoms with Crippen molar-refractivity contribution in [1.82, 2.24) is 15.0 Å². The van der Waals surface area contributed by atoms with Crippen molar-refractivity contribution in [1.29, 1.82) is 0 Å². The van der Waals surface area contributed by atoms with E-state index < -0.39 is 0 Å². The second-order valence-electron chi connectivity index (χ2n) is 22.4. The van der Waals surface area contributed by atoms with Crippen LogP contribution in [0.25, 0.3) is 53.8 Å². The van der Waals surface area contributed by atoms with Crippen molar-refractivity contribution in [2.24, 2.45) is 51.6 Å². The Kier molecular flexibility index (Phi) is 28.2. The smallest absolute Gasteiger partial charge is 0.231 e. The van der Waals surface area contributed by atoms with Gasteiger partial charge in [0.2, 0.25) is 6.79 Å². The highest BCUT2D eigenvalue weighted by molar-refractivity contribution is 7.17. The lowest BCUT2D eigenvalue weighted by Crippen LogP contribution is -2.15. The first-order valence-electron chi connectivity index (χ1n) is 32.4. The van der Waals surface area contributed by atoms with E-state index in [2.05, 4.69) is 93.1 Å². The number of nitrogens with one attached hydrogen (secondary N) is 2. The molecule has 0 saturated heterocycles. The van der Waals surface area contributed by atoms with E-state index in [1.54, 1.807) is 23.8 Å². The van der Waals surface area contributed by atoms with Gasteiger partial charge < -0.3 is 89.7 Å². The number of pyridine rings is 1. The molecule has 506 valence electrons. The largest absolute Gasteiger partial charge is 0.493 e. The summed E-state index contributed by atoms with van der Waals surface area (Å²) in [5.41, 5.74) is 65.3. The number of hydrogen-bond acceptors (Lipinski definition) is 17. The predicted molar refractivity (Wildman–Crippen MR) is 399 cm³/mol. The van der Waals surface area contributed by atoms with Crippen LogP contribution in [0.4, 0.5) is 0 Å². The normalized spacial score (nSPS) is 11.7. The number of nitrogens with zero attached hydrogens (tertiary/aromatic N) is 1. The second kappa shape index (κ2) is 38.4. The van der Waals surface area contributed by atoms with Gasteiger partial charge in [-0.3, -0.25) is 4.98 Å². The molecule has 5 aromatic heterocycles. The van der Waals surface area contributed by atoms with E-state index in [0.717, 1.165) is 91.4 Å². The third kappa shape index (κ3) is 20.8. The molecule has 0 spiro atoms. The molecule has 0 radical (unpaired) electrons. The second-order valence-corrected chi connectivity index (χ2v) is 23.3.